The van der Waals surface area contributed by atoms with E-state index in [2.05, 4.69) is 16.8 Å². The van der Waals surface area contributed by atoms with Gasteiger partial charge in [0, 0.05) is 19.1 Å². The van der Waals surface area contributed by atoms with Gasteiger partial charge in [-0.25, -0.2) is 0 Å². The van der Waals surface area contributed by atoms with Crippen LogP contribution in [0.1, 0.15) is 31.2 Å². The molecule has 3 rings (SSSR count). The minimum absolute atomic E-state index is 0.147. The van der Waals surface area contributed by atoms with E-state index in [1.54, 1.807) is 7.11 Å². The Morgan fingerprint density at radius 2 is 1.92 bits per heavy atom. The zero-order chi connectivity index (χ0) is 16.9. The first-order valence-corrected chi connectivity index (χ1v) is 8.95. The molecule has 4 heteroatoms. The van der Waals surface area contributed by atoms with Gasteiger partial charge >= 0.3 is 0 Å². The number of hydrogen-bond donors (Lipinski definition) is 1. The van der Waals surface area contributed by atoms with Crippen molar-refractivity contribution in [2.24, 2.45) is 11.8 Å². The Morgan fingerprint density at radius 1 is 1.29 bits per heavy atom. The predicted octanol–water partition coefficient (Wildman–Crippen LogP) is 2.99. The summed E-state index contributed by atoms with van der Waals surface area (Å²) in [5.41, 5.74) is 1.17. The largest absolute Gasteiger partial charge is 0.497 e. The molecule has 1 amide bonds. The van der Waals surface area contributed by atoms with Gasteiger partial charge < -0.3 is 10.1 Å². The van der Waals surface area contributed by atoms with Crippen LogP contribution in [0.2, 0.25) is 0 Å². The number of ether oxygens (including phenoxy) is 1. The fraction of sp³-hybridized carbons (Fsp3) is 0.550. The van der Waals surface area contributed by atoms with Crippen LogP contribution in [0.25, 0.3) is 0 Å². The topological polar surface area (TPSA) is 41.6 Å². The third-order valence-corrected chi connectivity index (χ3v) is 4.91. The standard InChI is InChI=1S/C20H28N2O2/c1-3-12-22(13-15-4-10-18(24-2)11-5-15)14-19(23)21-20(16-6-7-16)17-8-9-17/h3-5,10-11,16-17,20H,1,6-9,12-14H2,2H3,(H,21,23). The second kappa shape index (κ2) is 7.84. The Hall–Kier alpha value is -1.81. The second-order valence-electron chi connectivity index (χ2n) is 7.07. The zero-order valence-corrected chi connectivity index (χ0v) is 14.5. The summed E-state index contributed by atoms with van der Waals surface area (Å²) >= 11 is 0. The van der Waals surface area contributed by atoms with Crippen LogP contribution >= 0.6 is 0 Å². The van der Waals surface area contributed by atoms with Crippen molar-refractivity contribution in [1.82, 2.24) is 10.2 Å². The van der Waals surface area contributed by atoms with Gasteiger partial charge in [0.15, 0.2) is 0 Å². The monoisotopic (exact) mass is 328 g/mol. The Balaban J connectivity index is 1.53. The van der Waals surface area contributed by atoms with Gasteiger partial charge in [0.05, 0.1) is 13.7 Å². The molecule has 2 aliphatic rings. The first-order valence-electron chi connectivity index (χ1n) is 8.95. The fourth-order valence-electron chi connectivity index (χ4n) is 3.32. The number of hydrogen-bond acceptors (Lipinski definition) is 3. The van der Waals surface area contributed by atoms with E-state index >= 15 is 0 Å². The van der Waals surface area contributed by atoms with Gasteiger partial charge in [0.25, 0.3) is 0 Å². The molecule has 4 nitrogen and oxygen atoms in total. The molecule has 0 radical (unpaired) electrons. The predicted molar refractivity (Wildman–Crippen MR) is 95.8 cm³/mol. The van der Waals surface area contributed by atoms with Gasteiger partial charge in [0.2, 0.25) is 5.91 Å². The number of carbonyl (C=O) groups excluding carboxylic acids is 1. The lowest BCUT2D eigenvalue weighted by atomic mass is 10.1. The van der Waals surface area contributed by atoms with Crippen molar-refractivity contribution in [2.75, 3.05) is 20.2 Å². The summed E-state index contributed by atoms with van der Waals surface area (Å²) < 4.78 is 5.19. The highest BCUT2D eigenvalue weighted by Crippen LogP contribution is 2.44. The number of carbonyl (C=O) groups is 1. The molecule has 0 aromatic heterocycles. The van der Waals surface area contributed by atoms with E-state index in [0.29, 0.717) is 19.1 Å². The highest BCUT2D eigenvalue weighted by atomic mass is 16.5. The van der Waals surface area contributed by atoms with Crippen LogP contribution in [0.15, 0.2) is 36.9 Å². The first kappa shape index (κ1) is 17.0. The van der Waals surface area contributed by atoms with E-state index in [1.165, 1.54) is 31.2 Å². The van der Waals surface area contributed by atoms with Crippen LogP contribution in [0, 0.1) is 11.8 Å². The molecule has 2 saturated carbocycles. The number of nitrogens with one attached hydrogen (secondary N) is 1. The average Bonchev–Trinajstić information content (AvgIpc) is 3.47. The van der Waals surface area contributed by atoms with E-state index in [0.717, 1.165) is 24.1 Å². The van der Waals surface area contributed by atoms with Crippen molar-refractivity contribution in [3.8, 4) is 5.75 Å². The van der Waals surface area contributed by atoms with Crippen LogP contribution in [-0.2, 0) is 11.3 Å². The SMILES string of the molecule is C=CCN(CC(=O)NC(C1CC1)C1CC1)Cc1ccc(OC)cc1. The van der Waals surface area contributed by atoms with Crippen molar-refractivity contribution >= 4 is 5.91 Å². The quantitative estimate of drug-likeness (QED) is 0.671. The smallest absolute Gasteiger partial charge is 0.234 e. The Kier molecular flexibility index (Phi) is 5.56. The van der Waals surface area contributed by atoms with Crippen molar-refractivity contribution in [1.29, 1.82) is 0 Å². The second-order valence-corrected chi connectivity index (χ2v) is 7.07. The molecule has 0 aliphatic heterocycles. The number of nitrogens with zero attached hydrogens (tertiary/aromatic N) is 1. The maximum absolute atomic E-state index is 12.5. The molecule has 0 saturated heterocycles. The molecule has 130 valence electrons. The van der Waals surface area contributed by atoms with Gasteiger partial charge in [-0.15, -0.1) is 6.58 Å². The van der Waals surface area contributed by atoms with Crippen molar-refractivity contribution in [3.05, 3.63) is 42.5 Å². The van der Waals surface area contributed by atoms with Gasteiger partial charge in [-0.2, -0.15) is 0 Å². The molecule has 0 spiro atoms. The van der Waals surface area contributed by atoms with E-state index in [9.17, 15) is 4.79 Å². The third kappa shape index (κ3) is 4.84. The molecule has 0 atom stereocenters. The van der Waals surface area contributed by atoms with Gasteiger partial charge in [-0.1, -0.05) is 18.2 Å². The molecular weight excluding hydrogens is 300 g/mol. The Labute approximate surface area is 144 Å². The van der Waals surface area contributed by atoms with Crippen LogP contribution in [-0.4, -0.2) is 37.0 Å². The van der Waals surface area contributed by atoms with E-state index in [-0.39, 0.29) is 5.91 Å². The molecule has 0 bridgehead atoms. The molecule has 2 fully saturated rings. The minimum Gasteiger partial charge on any atom is -0.497 e. The summed E-state index contributed by atoms with van der Waals surface area (Å²) in [7, 11) is 1.67. The lowest BCUT2D eigenvalue weighted by Gasteiger charge is -2.23. The fourth-order valence-corrected chi connectivity index (χ4v) is 3.32. The summed E-state index contributed by atoms with van der Waals surface area (Å²) in [6, 6.07) is 8.42. The van der Waals surface area contributed by atoms with Crippen LogP contribution in [0.5, 0.6) is 5.75 Å². The third-order valence-electron chi connectivity index (χ3n) is 4.91. The van der Waals surface area contributed by atoms with Crippen molar-refractivity contribution in [2.45, 2.75) is 38.3 Å². The Bertz CT molecular complexity index is 550. The van der Waals surface area contributed by atoms with E-state index in [4.69, 9.17) is 4.74 Å². The first-order chi connectivity index (χ1) is 11.7. The molecule has 0 unspecified atom stereocenters. The Morgan fingerprint density at radius 3 is 2.42 bits per heavy atom. The summed E-state index contributed by atoms with van der Waals surface area (Å²) in [5, 5.41) is 3.30. The number of rotatable bonds is 10. The van der Waals surface area contributed by atoms with Crippen molar-refractivity contribution < 1.29 is 9.53 Å². The summed E-state index contributed by atoms with van der Waals surface area (Å²) in [6.45, 7) is 5.69. The summed E-state index contributed by atoms with van der Waals surface area (Å²) in [5.74, 6) is 2.46. The minimum atomic E-state index is 0.147. The maximum Gasteiger partial charge on any atom is 0.234 e. The molecule has 24 heavy (non-hydrogen) atoms. The van der Waals surface area contributed by atoms with Crippen molar-refractivity contribution in [3.63, 3.8) is 0 Å². The number of methoxy groups -OCH3 is 1. The van der Waals surface area contributed by atoms with E-state index in [1.807, 2.05) is 30.3 Å². The van der Waals surface area contributed by atoms with Gasteiger partial charge in [0.1, 0.15) is 5.75 Å². The van der Waals surface area contributed by atoms with Crippen LogP contribution in [0.4, 0.5) is 0 Å². The molecule has 1 N–H and O–H groups in total. The highest BCUT2D eigenvalue weighted by molar-refractivity contribution is 5.78. The normalized spacial score (nSPS) is 17.1. The maximum atomic E-state index is 12.5. The summed E-state index contributed by atoms with van der Waals surface area (Å²) in [4.78, 5) is 14.6. The molecule has 2 aliphatic carbocycles. The average molecular weight is 328 g/mol. The highest BCUT2D eigenvalue weighted by Gasteiger charge is 2.42. The number of amides is 1. The van der Waals surface area contributed by atoms with Gasteiger partial charge in [-0.3, -0.25) is 9.69 Å². The molecule has 0 heterocycles. The number of benzene rings is 1. The van der Waals surface area contributed by atoms with E-state index < -0.39 is 0 Å². The summed E-state index contributed by atoms with van der Waals surface area (Å²) in [6.07, 6.45) is 6.98. The molecular formula is C20H28N2O2. The molecule has 1 aromatic rings. The lowest BCUT2D eigenvalue weighted by Crippen LogP contribution is -2.44. The molecule has 1 aromatic carbocycles. The van der Waals surface area contributed by atoms with Crippen LogP contribution in [0.3, 0.4) is 0 Å². The van der Waals surface area contributed by atoms with Crippen LogP contribution < -0.4 is 10.1 Å². The van der Waals surface area contributed by atoms with Gasteiger partial charge in [-0.05, 0) is 55.2 Å². The lowest BCUT2D eigenvalue weighted by molar-refractivity contribution is -0.123. The zero-order valence-electron chi connectivity index (χ0n) is 14.5.